The number of aromatic nitrogens is 2. The monoisotopic (exact) mass is 326 g/mol. The van der Waals surface area contributed by atoms with Crippen LogP contribution >= 0.6 is 0 Å². The smallest absolute Gasteiger partial charge is 0.320 e. The molecule has 0 saturated heterocycles. The predicted molar refractivity (Wildman–Crippen MR) is 87.3 cm³/mol. The van der Waals surface area contributed by atoms with Crippen molar-refractivity contribution in [2.75, 3.05) is 0 Å². The Balaban J connectivity index is 1.91. The van der Waals surface area contributed by atoms with E-state index >= 15 is 0 Å². The minimum Gasteiger partial charge on any atom is -0.320 e. The van der Waals surface area contributed by atoms with E-state index in [1.807, 2.05) is 0 Å². The van der Waals surface area contributed by atoms with Crippen LogP contribution in [0.1, 0.15) is 64.1 Å². The molecule has 23 heavy (non-hydrogen) atoms. The Bertz CT molecular complexity index is 602. The first kappa shape index (κ1) is 17.8. The molecule has 0 aliphatic rings. The Hall–Kier alpha value is -1.52. The molecule has 0 aliphatic heterocycles. The maximum absolute atomic E-state index is 13.2. The van der Waals surface area contributed by atoms with Gasteiger partial charge in [0.2, 0.25) is 5.82 Å². The van der Waals surface area contributed by atoms with Gasteiger partial charge in [0, 0.05) is 6.54 Å². The van der Waals surface area contributed by atoms with Crippen LogP contribution in [-0.4, -0.2) is 9.55 Å². The van der Waals surface area contributed by atoms with Crippen molar-refractivity contribution in [2.24, 2.45) is 0 Å². The number of hydrogen-bond donors (Lipinski definition) is 0. The summed E-state index contributed by atoms with van der Waals surface area (Å²) < 4.78 is 40.8. The summed E-state index contributed by atoms with van der Waals surface area (Å²) in [6.07, 6.45) is 4.60. The van der Waals surface area contributed by atoms with Gasteiger partial charge < -0.3 is 4.57 Å². The van der Waals surface area contributed by atoms with Crippen LogP contribution in [-0.2, 0) is 12.7 Å². The molecule has 0 N–H and O–H groups in total. The molecular weight excluding hydrogens is 301 g/mol. The van der Waals surface area contributed by atoms with Gasteiger partial charge >= 0.3 is 6.18 Å². The number of nitrogens with zero attached hydrogens (tertiary/aromatic N) is 2. The van der Waals surface area contributed by atoms with E-state index in [1.54, 1.807) is 24.3 Å². The van der Waals surface area contributed by atoms with Crippen molar-refractivity contribution in [2.45, 2.75) is 71.0 Å². The van der Waals surface area contributed by atoms with Crippen molar-refractivity contribution in [1.29, 1.82) is 0 Å². The summed E-state index contributed by atoms with van der Waals surface area (Å²) in [6, 6.07) is 6.82. The van der Waals surface area contributed by atoms with E-state index in [-0.39, 0.29) is 0 Å². The largest absolute Gasteiger partial charge is 0.449 e. The number of aryl methyl sites for hydroxylation is 1. The first-order chi connectivity index (χ1) is 11.0. The summed E-state index contributed by atoms with van der Waals surface area (Å²) in [5, 5.41) is 0. The quantitative estimate of drug-likeness (QED) is 0.502. The Morgan fingerprint density at radius 2 is 1.52 bits per heavy atom. The van der Waals surface area contributed by atoms with Gasteiger partial charge in [0.25, 0.3) is 0 Å². The fourth-order valence-electron chi connectivity index (χ4n) is 2.92. The fourth-order valence-corrected chi connectivity index (χ4v) is 2.92. The van der Waals surface area contributed by atoms with E-state index in [2.05, 4.69) is 11.9 Å². The minimum absolute atomic E-state index is 0.379. The van der Waals surface area contributed by atoms with Crippen LogP contribution in [0, 0.1) is 0 Å². The van der Waals surface area contributed by atoms with E-state index < -0.39 is 12.0 Å². The Kier molecular flexibility index (Phi) is 6.48. The highest BCUT2D eigenvalue weighted by molar-refractivity contribution is 5.76. The van der Waals surface area contributed by atoms with Crippen LogP contribution < -0.4 is 0 Å². The highest BCUT2D eigenvalue weighted by Gasteiger charge is 2.37. The third-order valence-corrected chi connectivity index (χ3v) is 4.14. The highest BCUT2D eigenvalue weighted by Crippen LogP contribution is 2.31. The fraction of sp³-hybridized carbons (Fsp3) is 0.611. The number of alkyl halides is 3. The second kappa shape index (κ2) is 8.37. The Morgan fingerprint density at radius 3 is 2.17 bits per heavy atom. The average Bonchev–Trinajstić information content (AvgIpc) is 2.89. The second-order valence-electron chi connectivity index (χ2n) is 6.05. The van der Waals surface area contributed by atoms with Crippen LogP contribution in [0.25, 0.3) is 11.0 Å². The van der Waals surface area contributed by atoms with Gasteiger partial charge in [-0.2, -0.15) is 13.2 Å². The maximum Gasteiger partial charge on any atom is 0.449 e. The molecule has 0 amide bonds. The van der Waals surface area contributed by atoms with Crippen molar-refractivity contribution in [1.82, 2.24) is 9.55 Å². The molecule has 0 bridgehead atoms. The molecule has 128 valence electrons. The summed E-state index contributed by atoms with van der Waals surface area (Å²) in [5.41, 5.74) is 0.988. The van der Waals surface area contributed by atoms with Crippen molar-refractivity contribution in [3.8, 4) is 0 Å². The summed E-state index contributed by atoms with van der Waals surface area (Å²) in [5.74, 6) is -0.776. The van der Waals surface area contributed by atoms with Gasteiger partial charge in [-0.05, 0) is 18.6 Å². The zero-order valence-electron chi connectivity index (χ0n) is 13.7. The van der Waals surface area contributed by atoms with Crippen LogP contribution in [0.3, 0.4) is 0 Å². The van der Waals surface area contributed by atoms with Gasteiger partial charge in [0.15, 0.2) is 0 Å². The van der Waals surface area contributed by atoms with Crippen LogP contribution in [0.5, 0.6) is 0 Å². The number of hydrogen-bond acceptors (Lipinski definition) is 1. The number of benzene rings is 1. The number of fused-ring (bicyclic) bond motifs is 1. The Morgan fingerprint density at radius 1 is 0.913 bits per heavy atom. The average molecular weight is 326 g/mol. The molecule has 1 aromatic heterocycles. The van der Waals surface area contributed by atoms with Crippen molar-refractivity contribution in [3.05, 3.63) is 30.1 Å². The molecule has 1 heterocycles. The van der Waals surface area contributed by atoms with E-state index in [0.717, 1.165) is 19.3 Å². The third kappa shape index (κ3) is 4.98. The van der Waals surface area contributed by atoms with E-state index in [0.29, 0.717) is 17.6 Å². The molecule has 2 nitrogen and oxygen atoms in total. The van der Waals surface area contributed by atoms with E-state index in [4.69, 9.17) is 0 Å². The van der Waals surface area contributed by atoms with E-state index in [9.17, 15) is 13.2 Å². The lowest BCUT2D eigenvalue weighted by atomic mass is 10.1. The lowest BCUT2D eigenvalue weighted by Crippen LogP contribution is -2.15. The maximum atomic E-state index is 13.2. The molecule has 0 atom stereocenters. The summed E-state index contributed by atoms with van der Waals surface area (Å²) in [6.45, 7) is 2.57. The van der Waals surface area contributed by atoms with Gasteiger partial charge in [-0.3, -0.25) is 0 Å². The molecule has 2 rings (SSSR count). The summed E-state index contributed by atoms with van der Waals surface area (Å²) in [4.78, 5) is 3.77. The van der Waals surface area contributed by atoms with Crippen LogP contribution in [0.2, 0.25) is 0 Å². The number of unbranched alkanes of at least 4 members (excludes halogenated alkanes) is 7. The molecule has 0 aliphatic carbocycles. The first-order valence-electron chi connectivity index (χ1n) is 8.56. The lowest BCUT2D eigenvalue weighted by molar-refractivity contribution is -0.147. The standard InChI is InChI=1S/C18H25F3N2/c1-2-3-4-5-6-7-8-11-14-23-16-13-10-9-12-15(16)22-17(23)18(19,20)21/h9-10,12-13H,2-8,11,14H2,1H3. The zero-order chi connectivity index (χ0) is 16.7. The van der Waals surface area contributed by atoms with Crippen LogP contribution in [0.4, 0.5) is 13.2 Å². The molecule has 0 radical (unpaired) electrons. The molecule has 0 fully saturated rings. The van der Waals surface area contributed by atoms with E-state index in [1.165, 1.54) is 36.7 Å². The zero-order valence-corrected chi connectivity index (χ0v) is 13.7. The molecule has 0 spiro atoms. The third-order valence-electron chi connectivity index (χ3n) is 4.14. The summed E-state index contributed by atoms with van der Waals surface area (Å²) >= 11 is 0. The van der Waals surface area contributed by atoms with Crippen molar-refractivity contribution < 1.29 is 13.2 Å². The number of para-hydroxylation sites is 2. The molecule has 1 aromatic carbocycles. The molecule has 0 unspecified atom stereocenters. The van der Waals surface area contributed by atoms with Gasteiger partial charge in [0.1, 0.15) is 0 Å². The summed E-state index contributed by atoms with van der Waals surface area (Å²) in [7, 11) is 0. The number of imidazole rings is 1. The topological polar surface area (TPSA) is 17.8 Å². The van der Waals surface area contributed by atoms with Gasteiger partial charge in [-0.1, -0.05) is 64.0 Å². The molecule has 5 heteroatoms. The van der Waals surface area contributed by atoms with Gasteiger partial charge in [0.05, 0.1) is 11.0 Å². The number of halogens is 3. The van der Waals surface area contributed by atoms with Gasteiger partial charge in [-0.15, -0.1) is 0 Å². The van der Waals surface area contributed by atoms with Gasteiger partial charge in [-0.25, -0.2) is 4.98 Å². The molecule has 0 saturated carbocycles. The normalized spacial score (nSPS) is 12.2. The predicted octanol–water partition coefficient (Wildman–Crippen LogP) is 6.20. The number of rotatable bonds is 9. The van der Waals surface area contributed by atoms with Crippen molar-refractivity contribution in [3.63, 3.8) is 0 Å². The Labute approximate surface area is 135 Å². The molecule has 2 aromatic rings. The first-order valence-corrected chi connectivity index (χ1v) is 8.56. The second-order valence-corrected chi connectivity index (χ2v) is 6.05. The minimum atomic E-state index is -4.40. The highest BCUT2D eigenvalue weighted by atomic mass is 19.4. The lowest BCUT2D eigenvalue weighted by Gasteiger charge is -2.11. The molecular formula is C18H25F3N2. The van der Waals surface area contributed by atoms with Crippen molar-refractivity contribution >= 4 is 11.0 Å². The van der Waals surface area contributed by atoms with Crippen LogP contribution in [0.15, 0.2) is 24.3 Å². The SMILES string of the molecule is CCCCCCCCCCn1c(C(F)(F)F)nc2ccccc21.